The maximum atomic E-state index is 12.6. The van der Waals surface area contributed by atoms with Crippen molar-refractivity contribution < 1.29 is 24.2 Å². The predicted octanol–water partition coefficient (Wildman–Crippen LogP) is 2.05. The zero-order valence-electron chi connectivity index (χ0n) is 19.0. The molecule has 0 aromatic rings. The van der Waals surface area contributed by atoms with Crippen LogP contribution in [-0.4, -0.2) is 65.3 Å². The first-order valence-electron chi connectivity index (χ1n) is 10.6. The molecule has 0 bridgehead atoms. The van der Waals surface area contributed by atoms with E-state index in [9.17, 15) is 19.5 Å². The van der Waals surface area contributed by atoms with Gasteiger partial charge in [0, 0.05) is 25.6 Å². The number of nitrogens with one attached hydrogen (secondary N) is 2. The van der Waals surface area contributed by atoms with Crippen molar-refractivity contribution in [2.75, 3.05) is 19.6 Å². The summed E-state index contributed by atoms with van der Waals surface area (Å²) in [7, 11) is 0. The Labute approximate surface area is 174 Å². The number of amides is 3. The van der Waals surface area contributed by atoms with Gasteiger partial charge in [-0.3, -0.25) is 9.59 Å². The maximum Gasteiger partial charge on any atom is 0.407 e. The molecule has 0 aromatic heterocycles. The van der Waals surface area contributed by atoms with E-state index in [0.29, 0.717) is 26.1 Å². The molecular weight excluding hydrogens is 374 g/mol. The minimum Gasteiger partial charge on any atom is -0.444 e. The molecule has 3 atom stereocenters. The van der Waals surface area contributed by atoms with E-state index in [0.717, 1.165) is 6.42 Å². The largest absolute Gasteiger partial charge is 0.444 e. The van der Waals surface area contributed by atoms with E-state index in [1.54, 1.807) is 25.7 Å². The van der Waals surface area contributed by atoms with Crippen molar-refractivity contribution in [3.05, 3.63) is 0 Å². The minimum atomic E-state index is -1.41. The number of carbonyl (C=O) groups is 3. The van der Waals surface area contributed by atoms with Gasteiger partial charge in [0.2, 0.25) is 5.91 Å². The lowest BCUT2D eigenvalue weighted by Crippen LogP contribution is -2.61. The van der Waals surface area contributed by atoms with Crippen LogP contribution in [0, 0.1) is 11.3 Å². The first-order chi connectivity index (χ1) is 13.4. The molecule has 8 heteroatoms. The zero-order chi connectivity index (χ0) is 22.4. The second-order valence-electron chi connectivity index (χ2n) is 9.42. The Morgan fingerprint density at radius 2 is 1.90 bits per heavy atom. The van der Waals surface area contributed by atoms with Crippen LogP contribution in [0.4, 0.5) is 4.79 Å². The van der Waals surface area contributed by atoms with Crippen molar-refractivity contribution in [3.63, 3.8) is 0 Å². The van der Waals surface area contributed by atoms with Crippen molar-refractivity contribution in [1.29, 1.82) is 0 Å². The summed E-state index contributed by atoms with van der Waals surface area (Å²) >= 11 is 0. The van der Waals surface area contributed by atoms with Gasteiger partial charge in [-0.2, -0.15) is 0 Å². The first-order valence-corrected chi connectivity index (χ1v) is 10.6. The average Bonchev–Trinajstić information content (AvgIpc) is 2.59. The third-order valence-corrected chi connectivity index (χ3v) is 4.82. The number of piperidine rings is 1. The average molecular weight is 414 g/mol. The Hall–Kier alpha value is -1.83. The molecular formula is C21H39N3O5. The number of ether oxygens (including phenoxy) is 1. The Bertz CT molecular complexity index is 577. The van der Waals surface area contributed by atoms with Crippen LogP contribution in [0.3, 0.4) is 0 Å². The van der Waals surface area contributed by atoms with Gasteiger partial charge in [0.1, 0.15) is 5.60 Å². The Morgan fingerprint density at radius 3 is 2.38 bits per heavy atom. The van der Waals surface area contributed by atoms with Crippen LogP contribution < -0.4 is 10.6 Å². The Kier molecular flexibility index (Phi) is 8.93. The number of hydrogen-bond donors (Lipinski definition) is 3. The van der Waals surface area contributed by atoms with Gasteiger partial charge in [0.05, 0.1) is 6.04 Å². The van der Waals surface area contributed by atoms with Crippen LogP contribution in [0.5, 0.6) is 0 Å². The van der Waals surface area contributed by atoms with Crippen molar-refractivity contribution in [2.45, 2.75) is 85.5 Å². The summed E-state index contributed by atoms with van der Waals surface area (Å²) in [4.78, 5) is 38.5. The SMILES string of the molecule is CC.CC1(C)CN(C(=O)C(O)C(CC2CCCNC2=O)NC(=O)OC(C)(C)C)C1. The maximum absolute atomic E-state index is 12.6. The topological polar surface area (TPSA) is 108 Å². The molecule has 2 heterocycles. The molecule has 3 unspecified atom stereocenters. The van der Waals surface area contributed by atoms with Crippen LogP contribution in [0.2, 0.25) is 0 Å². The van der Waals surface area contributed by atoms with Gasteiger partial charge >= 0.3 is 6.09 Å². The number of carbonyl (C=O) groups excluding carboxylic acids is 3. The second kappa shape index (κ2) is 10.3. The fourth-order valence-electron chi connectivity index (χ4n) is 3.59. The second-order valence-corrected chi connectivity index (χ2v) is 9.42. The van der Waals surface area contributed by atoms with Gasteiger partial charge in [-0.05, 0) is 45.4 Å². The number of hydrogen-bond acceptors (Lipinski definition) is 5. The van der Waals surface area contributed by atoms with Gasteiger partial charge in [-0.15, -0.1) is 0 Å². The minimum absolute atomic E-state index is 0.0345. The van der Waals surface area contributed by atoms with Crippen LogP contribution in [0.25, 0.3) is 0 Å². The standard InChI is InChI=1S/C19H33N3O5.C2H6/c1-18(2,3)27-17(26)21-13(9-12-7-6-8-20-15(12)24)14(23)16(25)22-10-19(4,5)11-22;1-2/h12-14,23H,6-11H2,1-5H3,(H,20,24)(H,21,26);1-2H3. The van der Waals surface area contributed by atoms with Crippen molar-refractivity contribution in [3.8, 4) is 0 Å². The van der Waals surface area contributed by atoms with E-state index >= 15 is 0 Å². The summed E-state index contributed by atoms with van der Waals surface area (Å²) in [5.41, 5.74) is -0.667. The molecule has 0 saturated carbocycles. The summed E-state index contributed by atoms with van der Waals surface area (Å²) in [6.45, 7) is 15.1. The Morgan fingerprint density at radius 1 is 1.31 bits per heavy atom. The predicted molar refractivity (Wildman–Crippen MR) is 111 cm³/mol. The highest BCUT2D eigenvalue weighted by atomic mass is 16.6. The van der Waals surface area contributed by atoms with Crippen LogP contribution >= 0.6 is 0 Å². The molecule has 0 radical (unpaired) electrons. The van der Waals surface area contributed by atoms with Crippen LogP contribution in [0.1, 0.15) is 67.7 Å². The van der Waals surface area contributed by atoms with E-state index in [4.69, 9.17) is 4.74 Å². The summed E-state index contributed by atoms with van der Waals surface area (Å²) in [6.07, 6.45) is -0.437. The molecule has 2 rings (SSSR count). The van der Waals surface area contributed by atoms with Gasteiger partial charge in [0.15, 0.2) is 6.10 Å². The van der Waals surface area contributed by atoms with Gasteiger partial charge in [-0.1, -0.05) is 27.7 Å². The van der Waals surface area contributed by atoms with Gasteiger partial charge < -0.3 is 25.4 Å². The van der Waals surface area contributed by atoms with Crippen LogP contribution in [-0.2, 0) is 14.3 Å². The van der Waals surface area contributed by atoms with E-state index in [1.807, 2.05) is 27.7 Å². The zero-order valence-corrected chi connectivity index (χ0v) is 19.0. The lowest BCUT2D eigenvalue weighted by Gasteiger charge is -2.47. The molecule has 2 aliphatic rings. The smallest absolute Gasteiger partial charge is 0.407 e. The van der Waals surface area contributed by atoms with Crippen molar-refractivity contribution in [1.82, 2.24) is 15.5 Å². The third kappa shape index (κ3) is 7.84. The number of nitrogens with zero attached hydrogens (tertiary/aromatic N) is 1. The molecule has 0 aliphatic carbocycles. The van der Waals surface area contributed by atoms with E-state index < -0.39 is 29.7 Å². The quantitative estimate of drug-likeness (QED) is 0.639. The third-order valence-electron chi connectivity index (χ3n) is 4.82. The molecule has 2 fully saturated rings. The summed E-state index contributed by atoms with van der Waals surface area (Å²) in [5, 5.41) is 16.1. The number of aliphatic hydroxyl groups excluding tert-OH is 1. The van der Waals surface area contributed by atoms with Gasteiger partial charge in [0.25, 0.3) is 5.91 Å². The fourth-order valence-corrected chi connectivity index (χ4v) is 3.59. The number of alkyl carbamates (subject to hydrolysis) is 1. The summed E-state index contributed by atoms with van der Waals surface area (Å²) < 4.78 is 5.26. The first kappa shape index (κ1) is 25.2. The summed E-state index contributed by atoms with van der Waals surface area (Å²) in [5.74, 6) is -0.887. The van der Waals surface area contributed by atoms with Crippen LogP contribution in [0.15, 0.2) is 0 Å². The fraction of sp³-hybridized carbons (Fsp3) is 0.857. The monoisotopic (exact) mass is 413 g/mol. The molecule has 2 aliphatic heterocycles. The van der Waals surface area contributed by atoms with E-state index in [-0.39, 0.29) is 23.7 Å². The Balaban J connectivity index is 0.00000204. The molecule has 8 nitrogen and oxygen atoms in total. The molecule has 168 valence electrons. The number of aliphatic hydroxyl groups is 1. The molecule has 3 amide bonds. The number of likely N-dealkylation sites (tertiary alicyclic amines) is 1. The highest BCUT2D eigenvalue weighted by Gasteiger charge is 2.42. The molecule has 0 spiro atoms. The lowest BCUT2D eigenvalue weighted by molar-refractivity contribution is -0.152. The normalized spacial score (nSPS) is 22.8. The summed E-state index contributed by atoms with van der Waals surface area (Å²) in [6, 6.07) is -0.884. The van der Waals surface area contributed by atoms with Gasteiger partial charge in [-0.25, -0.2) is 4.79 Å². The highest BCUT2D eigenvalue weighted by molar-refractivity contribution is 5.84. The molecule has 3 N–H and O–H groups in total. The van der Waals surface area contributed by atoms with Crippen molar-refractivity contribution >= 4 is 17.9 Å². The van der Waals surface area contributed by atoms with E-state index in [1.165, 1.54) is 0 Å². The molecule has 2 saturated heterocycles. The van der Waals surface area contributed by atoms with E-state index in [2.05, 4.69) is 10.6 Å². The molecule has 29 heavy (non-hydrogen) atoms. The highest BCUT2D eigenvalue weighted by Crippen LogP contribution is 2.30. The lowest BCUT2D eigenvalue weighted by atomic mass is 9.83. The molecule has 0 aromatic carbocycles. The van der Waals surface area contributed by atoms with Crippen molar-refractivity contribution in [2.24, 2.45) is 11.3 Å². The number of rotatable bonds is 5.